The van der Waals surface area contributed by atoms with E-state index in [-0.39, 0.29) is 12.5 Å². The predicted molar refractivity (Wildman–Crippen MR) is 200 cm³/mol. The fraction of sp³-hybridized carbons (Fsp3) is 0.975. The van der Waals surface area contributed by atoms with E-state index in [0.717, 1.165) is 44.4 Å². The van der Waals surface area contributed by atoms with Crippen LogP contribution in [0.15, 0.2) is 0 Å². The number of carbonyl (C=O) groups excluding carboxylic acids is 1. The van der Waals surface area contributed by atoms with Gasteiger partial charge in [-0.25, -0.2) is 0 Å². The highest BCUT2D eigenvalue weighted by Gasteiger charge is 2.44. The topological polar surface area (TPSA) is 161 Å². The lowest BCUT2D eigenvalue weighted by Gasteiger charge is -2.40. The van der Waals surface area contributed by atoms with Gasteiger partial charge in [-0.3, -0.25) is 4.79 Å². The highest BCUT2D eigenvalue weighted by atomic mass is 16.7. The summed E-state index contributed by atoms with van der Waals surface area (Å²) in [7, 11) is 0. The van der Waals surface area contributed by atoms with Gasteiger partial charge in [0.05, 0.1) is 25.4 Å². The van der Waals surface area contributed by atoms with Crippen molar-refractivity contribution < 1.29 is 39.8 Å². The van der Waals surface area contributed by atoms with Gasteiger partial charge >= 0.3 is 0 Å². The van der Waals surface area contributed by atoms with Gasteiger partial charge in [0.2, 0.25) is 5.91 Å². The Labute approximate surface area is 304 Å². The van der Waals surface area contributed by atoms with Crippen LogP contribution in [-0.4, -0.2) is 101 Å². The lowest BCUT2D eigenvalue weighted by atomic mass is 9.92. The average Bonchev–Trinajstić information content (AvgIpc) is 3.12. The number of nitrogens with one attached hydrogen (secondary N) is 2. The highest BCUT2D eigenvalue weighted by Crippen LogP contribution is 2.23. The van der Waals surface area contributed by atoms with E-state index in [0.29, 0.717) is 12.8 Å². The normalized spacial score (nSPS) is 24.3. The minimum absolute atomic E-state index is 0.133. The van der Waals surface area contributed by atoms with Gasteiger partial charge in [-0.1, -0.05) is 142 Å². The Kier molecular flexibility index (Phi) is 26.8. The van der Waals surface area contributed by atoms with E-state index in [1.165, 1.54) is 129 Å². The summed E-state index contributed by atoms with van der Waals surface area (Å²) in [5, 5.41) is 57.6. The molecule has 50 heavy (non-hydrogen) atoms. The van der Waals surface area contributed by atoms with E-state index in [1.54, 1.807) is 0 Å². The molecular formula is C40H78N2O8. The SMILES string of the molecule is CCCCCCCCCCCCCCC[C@@H](O)[C@H](COC1OC(CO)C(O)C(O)C1O)NC(=O)CCCCCCCCCCC1CCNCC1. The lowest BCUT2D eigenvalue weighted by molar-refractivity contribution is -0.302. The molecule has 10 nitrogen and oxygen atoms in total. The highest BCUT2D eigenvalue weighted by molar-refractivity contribution is 5.76. The number of hydrogen-bond donors (Lipinski definition) is 7. The molecular weight excluding hydrogens is 636 g/mol. The molecule has 0 radical (unpaired) electrons. The summed E-state index contributed by atoms with van der Waals surface area (Å²) in [5.41, 5.74) is 0. The van der Waals surface area contributed by atoms with Crippen LogP contribution in [0.3, 0.4) is 0 Å². The summed E-state index contributed by atoms with van der Waals surface area (Å²) in [5.74, 6) is 0.774. The molecule has 2 rings (SSSR count). The van der Waals surface area contributed by atoms with Gasteiger partial charge in [-0.2, -0.15) is 0 Å². The molecule has 0 spiro atoms. The molecule has 5 unspecified atom stereocenters. The van der Waals surface area contributed by atoms with E-state index in [9.17, 15) is 30.3 Å². The smallest absolute Gasteiger partial charge is 0.220 e. The third-order valence-corrected chi connectivity index (χ3v) is 10.9. The molecule has 10 heteroatoms. The number of amides is 1. The van der Waals surface area contributed by atoms with Crippen molar-refractivity contribution in [2.45, 2.75) is 217 Å². The second-order valence-electron chi connectivity index (χ2n) is 15.4. The molecule has 7 atom stereocenters. The zero-order chi connectivity index (χ0) is 36.2. The second-order valence-corrected chi connectivity index (χ2v) is 15.4. The van der Waals surface area contributed by atoms with Crippen LogP contribution in [0.2, 0.25) is 0 Å². The largest absolute Gasteiger partial charge is 0.394 e. The monoisotopic (exact) mass is 715 g/mol. The van der Waals surface area contributed by atoms with Crippen LogP contribution in [0.25, 0.3) is 0 Å². The quantitative estimate of drug-likeness (QED) is 0.0426. The predicted octanol–water partition coefficient (Wildman–Crippen LogP) is 6.03. The van der Waals surface area contributed by atoms with Crippen LogP contribution in [-0.2, 0) is 14.3 Å². The van der Waals surface area contributed by atoms with Crippen LogP contribution in [0.1, 0.15) is 174 Å². The molecule has 2 heterocycles. The third kappa shape index (κ3) is 20.4. The minimum Gasteiger partial charge on any atom is -0.394 e. The van der Waals surface area contributed by atoms with Gasteiger partial charge in [-0.05, 0) is 44.7 Å². The van der Waals surface area contributed by atoms with Gasteiger partial charge in [0.1, 0.15) is 24.4 Å². The summed E-state index contributed by atoms with van der Waals surface area (Å²) in [4.78, 5) is 12.9. The molecule has 0 aromatic carbocycles. The second kappa shape index (κ2) is 29.6. The maximum atomic E-state index is 12.9. The van der Waals surface area contributed by atoms with Crippen molar-refractivity contribution in [3.63, 3.8) is 0 Å². The maximum Gasteiger partial charge on any atom is 0.220 e. The lowest BCUT2D eigenvalue weighted by Crippen LogP contribution is -2.60. The van der Waals surface area contributed by atoms with E-state index < -0.39 is 49.5 Å². The molecule has 2 saturated heterocycles. The van der Waals surface area contributed by atoms with Crippen molar-refractivity contribution in [3.8, 4) is 0 Å². The van der Waals surface area contributed by atoms with Gasteiger partial charge in [0.15, 0.2) is 6.29 Å². The number of rotatable bonds is 31. The number of carbonyl (C=O) groups is 1. The molecule has 0 aromatic rings. The Hall–Kier alpha value is -0.850. The van der Waals surface area contributed by atoms with E-state index in [2.05, 4.69) is 17.6 Å². The maximum absolute atomic E-state index is 12.9. The number of piperidine rings is 1. The van der Waals surface area contributed by atoms with Crippen molar-refractivity contribution >= 4 is 5.91 Å². The molecule has 0 saturated carbocycles. The van der Waals surface area contributed by atoms with Crippen LogP contribution in [0.4, 0.5) is 0 Å². The van der Waals surface area contributed by atoms with Crippen LogP contribution in [0.5, 0.6) is 0 Å². The van der Waals surface area contributed by atoms with Crippen LogP contribution >= 0.6 is 0 Å². The first-order valence-electron chi connectivity index (χ1n) is 21.0. The molecule has 0 aliphatic carbocycles. The van der Waals surface area contributed by atoms with Gasteiger partial charge in [0.25, 0.3) is 0 Å². The van der Waals surface area contributed by atoms with Crippen molar-refractivity contribution in [1.82, 2.24) is 10.6 Å². The average molecular weight is 715 g/mol. The number of hydrogen-bond acceptors (Lipinski definition) is 9. The number of unbranched alkanes of at least 4 members (excludes halogenated alkanes) is 19. The molecule has 0 aromatic heterocycles. The molecule has 7 N–H and O–H groups in total. The Bertz CT molecular complexity index is 799. The third-order valence-electron chi connectivity index (χ3n) is 10.9. The molecule has 296 valence electrons. The van der Waals surface area contributed by atoms with Gasteiger partial charge < -0.3 is 45.6 Å². The van der Waals surface area contributed by atoms with Gasteiger partial charge in [-0.15, -0.1) is 0 Å². The van der Waals surface area contributed by atoms with Crippen molar-refractivity contribution in [1.29, 1.82) is 0 Å². The Morgan fingerprint density at radius 3 is 1.82 bits per heavy atom. The molecule has 2 aliphatic rings. The van der Waals surface area contributed by atoms with E-state index >= 15 is 0 Å². The van der Waals surface area contributed by atoms with E-state index in [1.807, 2.05) is 0 Å². The first-order valence-corrected chi connectivity index (χ1v) is 21.0. The first kappa shape index (κ1) is 45.3. The fourth-order valence-corrected chi connectivity index (χ4v) is 7.45. The van der Waals surface area contributed by atoms with E-state index in [4.69, 9.17) is 9.47 Å². The Morgan fingerprint density at radius 1 is 0.740 bits per heavy atom. The molecule has 2 aliphatic heterocycles. The van der Waals surface area contributed by atoms with Gasteiger partial charge in [0, 0.05) is 6.42 Å². The Balaban J connectivity index is 1.66. The number of ether oxygens (including phenoxy) is 2. The summed E-state index contributed by atoms with van der Waals surface area (Å²) >= 11 is 0. The number of aliphatic hydroxyl groups is 5. The summed E-state index contributed by atoms with van der Waals surface area (Å²) < 4.78 is 11.2. The summed E-state index contributed by atoms with van der Waals surface area (Å²) in [6.07, 6.45) is 22.6. The minimum atomic E-state index is -1.55. The van der Waals surface area contributed by atoms with Crippen LogP contribution in [0, 0.1) is 5.92 Å². The Morgan fingerprint density at radius 2 is 1.26 bits per heavy atom. The van der Waals surface area contributed by atoms with Crippen molar-refractivity contribution in [2.24, 2.45) is 5.92 Å². The summed E-state index contributed by atoms with van der Waals surface area (Å²) in [6, 6.07) is -0.711. The molecule has 2 fully saturated rings. The van der Waals surface area contributed by atoms with Crippen molar-refractivity contribution in [2.75, 3.05) is 26.3 Å². The zero-order valence-electron chi connectivity index (χ0n) is 31.8. The van der Waals surface area contributed by atoms with Crippen molar-refractivity contribution in [3.05, 3.63) is 0 Å². The van der Waals surface area contributed by atoms with Crippen LogP contribution < -0.4 is 10.6 Å². The summed E-state index contributed by atoms with van der Waals surface area (Å²) in [6.45, 7) is 3.93. The zero-order valence-corrected chi connectivity index (χ0v) is 31.8. The molecule has 0 bridgehead atoms. The first-order chi connectivity index (χ1) is 24.4. The molecule has 1 amide bonds. The number of aliphatic hydroxyl groups excluding tert-OH is 5. The fourth-order valence-electron chi connectivity index (χ4n) is 7.45. The standard InChI is InChI=1S/C40H78N2O8/c1-2-3-4-5-6-7-8-9-10-11-15-18-21-24-34(44)33(31-49-40-39(48)38(47)37(46)35(30-43)50-40)42-36(45)25-22-19-16-13-12-14-17-20-23-32-26-28-41-29-27-32/h32-35,37-41,43-44,46-48H,2-31H2,1H3,(H,42,45)/t33-,34+,35?,37?,38?,39?,40?/m0/s1.